The Morgan fingerprint density at radius 1 is 1.13 bits per heavy atom. The Morgan fingerprint density at radius 3 is 2.91 bits per heavy atom. The average Bonchev–Trinajstić information content (AvgIpc) is 3.10. The van der Waals surface area contributed by atoms with Gasteiger partial charge in [0.05, 0.1) is 11.4 Å². The fourth-order valence-corrected chi connectivity index (χ4v) is 4.44. The third kappa shape index (κ3) is 3.04. The number of benzene rings is 1. The predicted molar refractivity (Wildman–Crippen MR) is 95.0 cm³/mol. The number of nitrogens with one attached hydrogen (secondary N) is 2. The van der Waals surface area contributed by atoms with Crippen LogP contribution < -0.4 is 5.32 Å². The lowest BCUT2D eigenvalue weighted by Crippen LogP contribution is -2.21. The molecule has 0 saturated carbocycles. The van der Waals surface area contributed by atoms with Crippen molar-refractivity contribution in [1.29, 1.82) is 0 Å². The summed E-state index contributed by atoms with van der Waals surface area (Å²) >= 11 is 1.67. The first-order valence-electron chi connectivity index (χ1n) is 8.26. The summed E-state index contributed by atoms with van der Waals surface area (Å²) < 4.78 is 0. The highest BCUT2D eigenvalue weighted by molar-refractivity contribution is 7.14. The van der Waals surface area contributed by atoms with Gasteiger partial charge in [0.25, 0.3) is 5.91 Å². The summed E-state index contributed by atoms with van der Waals surface area (Å²) in [6, 6.07) is 12.4. The zero-order valence-electron chi connectivity index (χ0n) is 13.0. The number of amides is 1. The number of aryl methyl sites for hydroxylation is 2. The van der Waals surface area contributed by atoms with Crippen molar-refractivity contribution in [1.82, 2.24) is 10.3 Å². The molecule has 4 heteroatoms. The molecule has 0 atom stereocenters. The maximum Gasteiger partial charge on any atom is 0.261 e. The average molecular weight is 324 g/mol. The number of fused-ring (bicyclic) bond motifs is 2. The molecule has 0 bridgehead atoms. The molecular formula is C19H20N2OS. The van der Waals surface area contributed by atoms with E-state index in [9.17, 15) is 4.79 Å². The minimum Gasteiger partial charge on any atom is -0.357 e. The topological polar surface area (TPSA) is 44.9 Å². The van der Waals surface area contributed by atoms with Gasteiger partial charge in [-0.05, 0) is 54.8 Å². The molecule has 23 heavy (non-hydrogen) atoms. The summed E-state index contributed by atoms with van der Waals surface area (Å²) in [5, 5.41) is 4.22. The second-order valence-corrected chi connectivity index (χ2v) is 7.32. The highest BCUT2D eigenvalue weighted by atomic mass is 32.1. The van der Waals surface area contributed by atoms with E-state index < -0.39 is 0 Å². The van der Waals surface area contributed by atoms with Crippen LogP contribution in [-0.4, -0.2) is 10.9 Å². The summed E-state index contributed by atoms with van der Waals surface area (Å²) in [5.74, 6) is 0.0433. The van der Waals surface area contributed by atoms with E-state index in [4.69, 9.17) is 0 Å². The standard InChI is InChI=1S/C19H20N2OS/c22-19(18-11-14-7-2-1-3-9-17(14)23-18)20-12-15-10-13-6-4-5-8-16(13)21-15/h4-6,8,10-11,21H,1-3,7,9,12H2,(H,20,22). The molecule has 4 rings (SSSR count). The van der Waals surface area contributed by atoms with Crippen molar-refractivity contribution in [3.63, 3.8) is 0 Å². The molecule has 3 aromatic rings. The quantitative estimate of drug-likeness (QED) is 0.688. The van der Waals surface area contributed by atoms with E-state index in [-0.39, 0.29) is 5.91 Å². The lowest BCUT2D eigenvalue weighted by molar-refractivity contribution is 0.0954. The Balaban J connectivity index is 1.45. The van der Waals surface area contributed by atoms with Crippen LogP contribution in [0, 0.1) is 0 Å². The fourth-order valence-electron chi connectivity index (χ4n) is 3.27. The zero-order valence-corrected chi connectivity index (χ0v) is 13.8. The summed E-state index contributed by atoms with van der Waals surface area (Å²) in [7, 11) is 0. The van der Waals surface area contributed by atoms with E-state index in [0.29, 0.717) is 6.54 Å². The molecule has 2 heterocycles. The number of hydrogen-bond donors (Lipinski definition) is 2. The van der Waals surface area contributed by atoms with Gasteiger partial charge in [0.2, 0.25) is 0 Å². The minimum absolute atomic E-state index is 0.0433. The van der Waals surface area contributed by atoms with Gasteiger partial charge >= 0.3 is 0 Å². The first-order valence-corrected chi connectivity index (χ1v) is 9.08. The van der Waals surface area contributed by atoms with Crippen LogP contribution in [0.5, 0.6) is 0 Å². The Morgan fingerprint density at radius 2 is 2.00 bits per heavy atom. The van der Waals surface area contributed by atoms with Gasteiger partial charge in [0.1, 0.15) is 0 Å². The van der Waals surface area contributed by atoms with Gasteiger partial charge < -0.3 is 10.3 Å². The first-order chi connectivity index (χ1) is 11.3. The lowest BCUT2D eigenvalue weighted by atomic mass is 10.1. The van der Waals surface area contributed by atoms with E-state index >= 15 is 0 Å². The van der Waals surface area contributed by atoms with E-state index in [0.717, 1.165) is 28.9 Å². The molecule has 0 saturated heterocycles. The van der Waals surface area contributed by atoms with Crippen LogP contribution in [0.15, 0.2) is 36.4 Å². The van der Waals surface area contributed by atoms with E-state index in [1.807, 2.05) is 12.1 Å². The van der Waals surface area contributed by atoms with Gasteiger partial charge in [-0.3, -0.25) is 4.79 Å². The number of carbonyl (C=O) groups excluding carboxylic acids is 1. The van der Waals surface area contributed by atoms with Gasteiger partial charge in [-0.15, -0.1) is 11.3 Å². The Labute approximate surface area is 139 Å². The van der Waals surface area contributed by atoms with Crippen LogP contribution in [-0.2, 0) is 19.4 Å². The molecule has 1 aromatic carbocycles. The molecule has 118 valence electrons. The van der Waals surface area contributed by atoms with Crippen molar-refractivity contribution >= 4 is 28.1 Å². The SMILES string of the molecule is O=C(NCc1cc2ccccc2[nH]1)c1cc2c(s1)CCCCC2. The highest BCUT2D eigenvalue weighted by Gasteiger charge is 2.16. The van der Waals surface area contributed by atoms with Gasteiger partial charge in [-0.1, -0.05) is 24.6 Å². The van der Waals surface area contributed by atoms with Gasteiger partial charge in [0, 0.05) is 16.1 Å². The van der Waals surface area contributed by atoms with Gasteiger partial charge in [0.15, 0.2) is 0 Å². The van der Waals surface area contributed by atoms with Crippen molar-refractivity contribution in [3.05, 3.63) is 57.4 Å². The smallest absolute Gasteiger partial charge is 0.261 e. The number of thiophene rings is 1. The molecule has 1 amide bonds. The summed E-state index contributed by atoms with van der Waals surface area (Å²) in [6.45, 7) is 0.538. The van der Waals surface area contributed by atoms with Crippen molar-refractivity contribution < 1.29 is 4.79 Å². The van der Waals surface area contributed by atoms with Crippen LogP contribution in [0.1, 0.15) is 45.1 Å². The largest absolute Gasteiger partial charge is 0.357 e. The van der Waals surface area contributed by atoms with E-state index in [1.54, 1.807) is 11.3 Å². The molecule has 0 spiro atoms. The normalized spacial score (nSPS) is 14.4. The number of para-hydroxylation sites is 1. The molecule has 1 aliphatic carbocycles. The number of rotatable bonds is 3. The van der Waals surface area contributed by atoms with Crippen LogP contribution >= 0.6 is 11.3 Å². The number of carbonyl (C=O) groups is 1. The van der Waals surface area contributed by atoms with Crippen LogP contribution in [0.3, 0.4) is 0 Å². The minimum atomic E-state index is 0.0433. The molecule has 3 nitrogen and oxygen atoms in total. The van der Waals surface area contributed by atoms with E-state index in [1.165, 1.54) is 35.1 Å². The van der Waals surface area contributed by atoms with Crippen LogP contribution in [0.25, 0.3) is 10.9 Å². The van der Waals surface area contributed by atoms with Crippen molar-refractivity contribution in [2.75, 3.05) is 0 Å². The highest BCUT2D eigenvalue weighted by Crippen LogP contribution is 2.29. The Bertz CT molecular complexity index is 790. The van der Waals surface area contributed by atoms with Crippen molar-refractivity contribution in [2.45, 2.75) is 38.6 Å². The zero-order chi connectivity index (χ0) is 15.6. The maximum absolute atomic E-state index is 12.4. The van der Waals surface area contributed by atoms with Gasteiger partial charge in [-0.2, -0.15) is 0 Å². The molecule has 1 aliphatic rings. The summed E-state index contributed by atoms with van der Waals surface area (Å²) in [5.41, 5.74) is 3.54. The third-order valence-electron chi connectivity index (χ3n) is 4.50. The third-order valence-corrected chi connectivity index (χ3v) is 5.73. The van der Waals surface area contributed by atoms with E-state index in [2.05, 4.69) is 34.6 Å². The summed E-state index contributed by atoms with van der Waals surface area (Å²) in [4.78, 5) is 18.0. The predicted octanol–water partition coefficient (Wildman–Crippen LogP) is 4.43. The number of aromatic nitrogens is 1. The molecular weight excluding hydrogens is 304 g/mol. The van der Waals surface area contributed by atoms with Crippen LogP contribution in [0.4, 0.5) is 0 Å². The Hall–Kier alpha value is -2.07. The molecule has 0 radical (unpaired) electrons. The number of H-pyrrole nitrogens is 1. The van der Waals surface area contributed by atoms with Crippen molar-refractivity contribution in [2.24, 2.45) is 0 Å². The molecule has 0 fully saturated rings. The number of hydrogen-bond acceptors (Lipinski definition) is 2. The maximum atomic E-state index is 12.4. The first kappa shape index (κ1) is 14.5. The molecule has 2 N–H and O–H groups in total. The molecule has 0 aliphatic heterocycles. The second kappa shape index (κ2) is 6.20. The van der Waals surface area contributed by atoms with Gasteiger partial charge in [-0.25, -0.2) is 0 Å². The van der Waals surface area contributed by atoms with Crippen molar-refractivity contribution in [3.8, 4) is 0 Å². The number of aromatic amines is 1. The fraction of sp³-hybridized carbons (Fsp3) is 0.316. The lowest BCUT2D eigenvalue weighted by Gasteiger charge is -2.01. The van der Waals surface area contributed by atoms with Crippen LogP contribution in [0.2, 0.25) is 0 Å². The second-order valence-electron chi connectivity index (χ2n) is 6.18. The summed E-state index contributed by atoms with van der Waals surface area (Å²) in [6.07, 6.45) is 6.07. The molecule has 0 unspecified atom stereocenters. The Kier molecular flexibility index (Phi) is 3.92. The molecule has 2 aromatic heterocycles. The monoisotopic (exact) mass is 324 g/mol.